The van der Waals surface area contributed by atoms with Crippen LogP contribution in [-0.4, -0.2) is 77.3 Å². The van der Waals surface area contributed by atoms with Gasteiger partial charge in [0.2, 0.25) is 5.82 Å². The van der Waals surface area contributed by atoms with Crippen LogP contribution in [0.25, 0.3) is 0 Å². The summed E-state index contributed by atoms with van der Waals surface area (Å²) in [5.74, 6) is 0.191. The number of likely N-dealkylation sites (N-methyl/N-ethyl adjacent to an activating group) is 1. The molecule has 0 aromatic carbocycles. The number of ether oxygens (including phenoxy) is 2. The highest BCUT2D eigenvalue weighted by atomic mass is 16.5. The first-order valence-corrected chi connectivity index (χ1v) is 20.0. The Bertz CT molecular complexity index is 1580. The van der Waals surface area contributed by atoms with Gasteiger partial charge in [0.05, 0.1) is 37.9 Å². The van der Waals surface area contributed by atoms with Crippen molar-refractivity contribution in [3.63, 3.8) is 0 Å². The Kier molecular flexibility index (Phi) is 9.77. The molecule has 0 radical (unpaired) electrons. The van der Waals surface area contributed by atoms with Gasteiger partial charge in [-0.05, 0) is 97.8 Å². The third kappa shape index (κ3) is 5.33. The molecule has 1 amide bonds. The Labute approximate surface area is 313 Å². The van der Waals surface area contributed by atoms with Crippen LogP contribution in [0.2, 0.25) is 0 Å². The summed E-state index contributed by atoms with van der Waals surface area (Å²) in [6.07, 6.45) is 9.13. The molecule has 5 aliphatic rings. The topological polar surface area (TPSA) is 128 Å². The fourth-order valence-corrected chi connectivity index (χ4v) is 12.8. The molecule has 6 rings (SSSR count). The zero-order valence-corrected chi connectivity index (χ0v) is 34.5. The lowest BCUT2D eigenvalue weighted by Crippen LogP contribution is -2.69. The van der Waals surface area contributed by atoms with Crippen LogP contribution in [0.5, 0.6) is 0 Å². The third-order valence-corrected chi connectivity index (χ3v) is 17.2. The maximum atomic E-state index is 13.5. The van der Waals surface area contributed by atoms with Crippen molar-refractivity contribution in [2.45, 2.75) is 132 Å². The molecule has 4 fully saturated rings. The van der Waals surface area contributed by atoms with Gasteiger partial charge in [0, 0.05) is 23.4 Å². The quantitative estimate of drug-likeness (QED) is 0.229. The fourth-order valence-electron chi connectivity index (χ4n) is 12.8. The van der Waals surface area contributed by atoms with E-state index in [1.54, 1.807) is 7.05 Å². The average molecular weight is 724 g/mol. The van der Waals surface area contributed by atoms with E-state index in [1.807, 2.05) is 11.7 Å². The number of carbonyl (C=O) groups is 2. The lowest BCUT2D eigenvalue weighted by Gasteiger charge is -2.71. The number of carboxylic acids is 1. The fraction of sp³-hybridized carbons (Fsp3) is 0.857. The first-order chi connectivity index (χ1) is 24.1. The molecule has 0 spiro atoms. The van der Waals surface area contributed by atoms with Crippen LogP contribution >= 0.6 is 0 Å². The minimum absolute atomic E-state index is 0.0793. The number of fused-ring (bicyclic) bond motifs is 3. The molecular weight excluding hydrogens is 654 g/mol. The molecule has 52 heavy (non-hydrogen) atoms. The van der Waals surface area contributed by atoms with E-state index >= 15 is 0 Å². The van der Waals surface area contributed by atoms with E-state index in [4.69, 9.17) is 14.6 Å². The summed E-state index contributed by atoms with van der Waals surface area (Å²) >= 11 is 0. The predicted molar refractivity (Wildman–Crippen MR) is 203 cm³/mol. The number of aromatic nitrogens is 3. The van der Waals surface area contributed by atoms with Gasteiger partial charge in [-0.1, -0.05) is 80.9 Å². The Morgan fingerprint density at radius 1 is 1.06 bits per heavy atom. The van der Waals surface area contributed by atoms with Gasteiger partial charge in [0.15, 0.2) is 0 Å². The van der Waals surface area contributed by atoms with Crippen LogP contribution < -0.4 is 10.6 Å². The maximum absolute atomic E-state index is 13.5. The van der Waals surface area contributed by atoms with Crippen molar-refractivity contribution in [2.24, 2.45) is 62.1 Å². The number of rotatable bonds is 9. The van der Waals surface area contributed by atoms with Crippen LogP contribution in [0.1, 0.15) is 131 Å². The second kappa shape index (κ2) is 12.9. The number of carboxylic acid groups (broad SMARTS) is 1. The van der Waals surface area contributed by atoms with Gasteiger partial charge >= 0.3 is 5.97 Å². The van der Waals surface area contributed by atoms with Crippen molar-refractivity contribution >= 4 is 11.9 Å². The Morgan fingerprint density at radius 2 is 1.75 bits per heavy atom. The molecule has 3 N–H and O–H groups in total. The zero-order chi connectivity index (χ0) is 38.4. The first-order valence-electron chi connectivity index (χ1n) is 20.0. The lowest BCUT2D eigenvalue weighted by molar-refractivity contribution is -0.254. The van der Waals surface area contributed by atoms with Crippen molar-refractivity contribution in [3.8, 4) is 0 Å². The number of hydrogen-bond donors (Lipinski definition) is 3. The number of aliphatic carboxylic acids is 1. The smallest absolute Gasteiger partial charge is 0.307 e. The SMILES string of the molecule is CNC(=O)c1ncnn1[C@@H]1CC23COC[C@@](C)([C@@H]2CC[C@H]2C3=CC[C@@]3(C)[C@H](C(=O)O)[C@@](C)([C@H](C)C(C)C)CC[C@]23C)[C@H]1OC[C@@](C)(NC)C(C)(C)C. The van der Waals surface area contributed by atoms with Gasteiger partial charge < -0.3 is 25.2 Å². The van der Waals surface area contributed by atoms with Gasteiger partial charge in [-0.15, -0.1) is 0 Å². The number of carbonyl (C=O) groups excluding carboxylic acids is 1. The van der Waals surface area contributed by atoms with Gasteiger partial charge in [-0.2, -0.15) is 5.10 Å². The standard InChI is InChI=1S/C42H69N5O5/c1-25(2)26(3)37(7)18-19-39(9)27-14-15-30-38(8)21-51-23-42(30,28(27)16-17-40(39,10)31(37)35(49)50)20-29(47-33(34(48)43-12)45-24-46-47)32(38)52-22-41(11,44-13)36(4,5)6/h16,24-27,29-32,44H,14-15,17-23H2,1-13H3,(H,43,48)(H,49,50)/t26-,27+,29-,30+,31-,32+,37-,38+,39-,40+,41-,42?/m1/s1. The van der Waals surface area contributed by atoms with Crippen LogP contribution in [0.15, 0.2) is 18.0 Å². The van der Waals surface area contributed by atoms with Gasteiger partial charge in [-0.3, -0.25) is 9.59 Å². The molecule has 2 heterocycles. The lowest BCUT2D eigenvalue weighted by atomic mass is 9.34. The summed E-state index contributed by atoms with van der Waals surface area (Å²) in [7, 11) is 3.64. The highest BCUT2D eigenvalue weighted by Gasteiger charge is 2.72. The van der Waals surface area contributed by atoms with Crippen molar-refractivity contribution in [1.82, 2.24) is 25.4 Å². The van der Waals surface area contributed by atoms with E-state index in [2.05, 4.69) is 97.9 Å². The van der Waals surface area contributed by atoms with Gasteiger partial charge in [0.1, 0.15) is 6.33 Å². The molecular formula is C42H69N5O5. The molecule has 12 atom stereocenters. The highest BCUT2D eigenvalue weighted by Crippen LogP contribution is 2.75. The van der Waals surface area contributed by atoms with Crippen molar-refractivity contribution in [1.29, 1.82) is 0 Å². The second-order valence-electron chi connectivity index (χ2n) is 20.3. The maximum Gasteiger partial charge on any atom is 0.307 e. The number of allylic oxidation sites excluding steroid dienone is 1. The second-order valence-corrected chi connectivity index (χ2v) is 20.3. The molecule has 1 aliphatic heterocycles. The van der Waals surface area contributed by atoms with Crippen molar-refractivity contribution < 1.29 is 24.2 Å². The first kappa shape index (κ1) is 39.4. The molecule has 10 heteroatoms. The van der Waals surface area contributed by atoms with E-state index in [-0.39, 0.29) is 56.6 Å². The third-order valence-electron chi connectivity index (χ3n) is 17.2. The predicted octanol–water partition coefficient (Wildman–Crippen LogP) is 7.18. The minimum Gasteiger partial charge on any atom is -0.481 e. The van der Waals surface area contributed by atoms with E-state index in [0.29, 0.717) is 43.4 Å². The number of hydrogen-bond acceptors (Lipinski definition) is 7. The van der Waals surface area contributed by atoms with Gasteiger partial charge in [0.25, 0.3) is 5.91 Å². The summed E-state index contributed by atoms with van der Waals surface area (Å²) in [5.41, 5.74) is -0.464. The van der Waals surface area contributed by atoms with Crippen molar-refractivity contribution in [3.05, 3.63) is 23.8 Å². The number of nitrogens with zero attached hydrogens (tertiary/aromatic N) is 3. The molecule has 1 aromatic rings. The van der Waals surface area contributed by atoms with E-state index in [1.165, 1.54) is 11.9 Å². The Hall–Kier alpha value is -2.30. The monoisotopic (exact) mass is 724 g/mol. The molecule has 292 valence electrons. The van der Waals surface area contributed by atoms with E-state index < -0.39 is 17.3 Å². The van der Waals surface area contributed by atoms with Crippen LogP contribution in [0.3, 0.4) is 0 Å². The molecule has 1 aromatic heterocycles. The highest BCUT2D eigenvalue weighted by molar-refractivity contribution is 5.90. The normalized spacial score (nSPS) is 41.9. The average Bonchev–Trinajstić information content (AvgIpc) is 3.56. The summed E-state index contributed by atoms with van der Waals surface area (Å²) in [4.78, 5) is 31.3. The van der Waals surface area contributed by atoms with Crippen LogP contribution in [0, 0.1) is 62.1 Å². The molecule has 3 saturated carbocycles. The Balaban J connectivity index is 1.48. The van der Waals surface area contributed by atoms with E-state index in [0.717, 1.165) is 38.5 Å². The van der Waals surface area contributed by atoms with Crippen molar-refractivity contribution in [2.75, 3.05) is 33.9 Å². The summed E-state index contributed by atoms with van der Waals surface area (Å²) in [6, 6.07) is -0.255. The van der Waals surface area contributed by atoms with Crippen LogP contribution in [-0.2, 0) is 14.3 Å². The minimum atomic E-state index is -0.643. The summed E-state index contributed by atoms with van der Waals surface area (Å²) in [5, 5.41) is 22.2. The van der Waals surface area contributed by atoms with Gasteiger partial charge in [-0.25, -0.2) is 9.67 Å². The molecule has 4 aliphatic carbocycles. The zero-order valence-electron chi connectivity index (χ0n) is 34.5. The largest absolute Gasteiger partial charge is 0.481 e. The molecule has 1 unspecified atom stereocenters. The number of amides is 1. The molecule has 2 bridgehead atoms. The number of nitrogens with one attached hydrogen (secondary N) is 2. The van der Waals surface area contributed by atoms with E-state index in [9.17, 15) is 14.7 Å². The van der Waals surface area contributed by atoms with Crippen LogP contribution in [0.4, 0.5) is 0 Å². The Morgan fingerprint density at radius 3 is 2.35 bits per heavy atom. The molecule has 1 saturated heterocycles. The molecule has 10 nitrogen and oxygen atoms in total. The summed E-state index contributed by atoms with van der Waals surface area (Å²) < 4.78 is 15.8. The summed E-state index contributed by atoms with van der Waals surface area (Å²) in [6.45, 7) is 26.7.